The van der Waals surface area contributed by atoms with E-state index in [2.05, 4.69) is 9.97 Å². The second-order valence-corrected chi connectivity index (χ2v) is 6.99. The van der Waals surface area contributed by atoms with E-state index in [0.717, 1.165) is 25.0 Å². The molecule has 1 fully saturated rings. The van der Waals surface area contributed by atoms with Crippen LogP contribution in [0, 0.1) is 0 Å². The van der Waals surface area contributed by atoms with Crippen molar-refractivity contribution < 1.29 is 14.3 Å². The molecule has 1 amide bonds. The molecule has 1 aliphatic heterocycles. The largest absolute Gasteiger partial charge is 0.444 e. The van der Waals surface area contributed by atoms with Crippen molar-refractivity contribution in [2.45, 2.75) is 58.3 Å². The molecule has 23 heavy (non-hydrogen) atoms. The van der Waals surface area contributed by atoms with E-state index in [0.29, 0.717) is 19.8 Å². The summed E-state index contributed by atoms with van der Waals surface area (Å²) in [7, 11) is 0. The van der Waals surface area contributed by atoms with Crippen LogP contribution in [0.3, 0.4) is 0 Å². The van der Waals surface area contributed by atoms with E-state index in [1.165, 1.54) is 0 Å². The van der Waals surface area contributed by atoms with Gasteiger partial charge in [0.15, 0.2) is 0 Å². The minimum Gasteiger partial charge on any atom is -0.444 e. The van der Waals surface area contributed by atoms with Crippen molar-refractivity contribution in [3.05, 3.63) is 23.2 Å². The number of piperidine rings is 1. The smallest absolute Gasteiger partial charge is 0.410 e. The molecule has 0 saturated carbocycles. The number of hydrogen-bond donors (Lipinski definition) is 0. The first-order chi connectivity index (χ1) is 10.8. The first kappa shape index (κ1) is 17.9. The zero-order chi connectivity index (χ0) is 16.9. The third kappa shape index (κ3) is 5.95. The van der Waals surface area contributed by atoms with Gasteiger partial charge in [-0.1, -0.05) is 0 Å². The summed E-state index contributed by atoms with van der Waals surface area (Å²) in [6, 6.07) is 1.80. The van der Waals surface area contributed by atoms with Gasteiger partial charge in [0.25, 0.3) is 0 Å². The summed E-state index contributed by atoms with van der Waals surface area (Å²) in [6.45, 7) is 7.14. The molecular formula is C16H24ClN3O3. The van der Waals surface area contributed by atoms with Crippen molar-refractivity contribution in [3.63, 3.8) is 0 Å². The van der Waals surface area contributed by atoms with Crippen molar-refractivity contribution in [2.75, 3.05) is 13.2 Å². The lowest BCUT2D eigenvalue weighted by molar-refractivity contribution is -0.0103. The fraction of sp³-hybridized carbons (Fsp3) is 0.688. The second kappa shape index (κ2) is 7.93. The maximum Gasteiger partial charge on any atom is 0.410 e. The van der Waals surface area contributed by atoms with Gasteiger partial charge < -0.3 is 14.4 Å². The van der Waals surface area contributed by atoms with Gasteiger partial charge in [-0.05, 0) is 57.7 Å². The molecule has 7 heteroatoms. The Morgan fingerprint density at radius 2 is 2.22 bits per heavy atom. The van der Waals surface area contributed by atoms with Gasteiger partial charge >= 0.3 is 6.09 Å². The summed E-state index contributed by atoms with van der Waals surface area (Å²) < 4.78 is 11.2. The lowest BCUT2D eigenvalue weighted by Crippen LogP contribution is -2.48. The number of carbonyl (C=O) groups is 1. The topological polar surface area (TPSA) is 64.5 Å². The SMILES string of the molecule is CC(C)(C)OC(=O)N1CCCC[C@@H]1COCc1ccnc(Cl)n1. The van der Waals surface area contributed by atoms with Gasteiger partial charge in [0, 0.05) is 12.7 Å². The Hall–Kier alpha value is -1.40. The first-order valence-corrected chi connectivity index (χ1v) is 8.28. The molecule has 1 atom stereocenters. The molecule has 1 aliphatic rings. The van der Waals surface area contributed by atoms with E-state index >= 15 is 0 Å². The van der Waals surface area contributed by atoms with Crippen LogP contribution < -0.4 is 0 Å². The molecule has 2 rings (SSSR count). The molecule has 128 valence electrons. The number of halogens is 1. The summed E-state index contributed by atoms with van der Waals surface area (Å²) in [5, 5.41) is 0.208. The highest BCUT2D eigenvalue weighted by Gasteiger charge is 2.30. The molecule has 1 aromatic rings. The number of carbonyl (C=O) groups excluding carboxylic acids is 1. The highest BCUT2D eigenvalue weighted by Crippen LogP contribution is 2.21. The Morgan fingerprint density at radius 3 is 2.91 bits per heavy atom. The molecule has 1 aromatic heterocycles. The lowest BCUT2D eigenvalue weighted by atomic mass is 10.0. The monoisotopic (exact) mass is 341 g/mol. The molecule has 0 bridgehead atoms. The van der Waals surface area contributed by atoms with Crippen LogP contribution in [0.4, 0.5) is 4.79 Å². The number of aromatic nitrogens is 2. The van der Waals surface area contributed by atoms with Crippen LogP contribution in [0.15, 0.2) is 12.3 Å². The van der Waals surface area contributed by atoms with Crippen LogP contribution in [0.2, 0.25) is 5.28 Å². The summed E-state index contributed by atoms with van der Waals surface area (Å²) >= 11 is 5.75. The van der Waals surface area contributed by atoms with Gasteiger partial charge in [-0.3, -0.25) is 0 Å². The average Bonchev–Trinajstić information content (AvgIpc) is 2.46. The maximum atomic E-state index is 12.3. The molecule has 0 spiro atoms. The lowest BCUT2D eigenvalue weighted by Gasteiger charge is -2.36. The number of amides is 1. The van der Waals surface area contributed by atoms with E-state index in [9.17, 15) is 4.79 Å². The van der Waals surface area contributed by atoms with Crippen LogP contribution in [-0.4, -0.2) is 45.8 Å². The van der Waals surface area contributed by atoms with Crippen LogP contribution >= 0.6 is 11.6 Å². The van der Waals surface area contributed by atoms with E-state index in [1.54, 1.807) is 17.2 Å². The fourth-order valence-corrected chi connectivity index (χ4v) is 2.65. The van der Waals surface area contributed by atoms with Gasteiger partial charge in [0.1, 0.15) is 5.60 Å². The summed E-state index contributed by atoms with van der Waals surface area (Å²) in [5.41, 5.74) is 0.238. The quantitative estimate of drug-likeness (QED) is 0.785. The van der Waals surface area contributed by atoms with E-state index < -0.39 is 5.60 Å². The predicted octanol–water partition coefficient (Wildman–Crippen LogP) is 3.44. The van der Waals surface area contributed by atoms with E-state index in [-0.39, 0.29) is 17.4 Å². The zero-order valence-electron chi connectivity index (χ0n) is 13.9. The van der Waals surface area contributed by atoms with Gasteiger partial charge in [0.05, 0.1) is 24.9 Å². The molecule has 0 radical (unpaired) electrons. The summed E-state index contributed by atoms with van der Waals surface area (Å²) in [4.78, 5) is 22.0. The van der Waals surface area contributed by atoms with Crippen molar-refractivity contribution in [2.24, 2.45) is 0 Å². The van der Waals surface area contributed by atoms with Crippen molar-refractivity contribution in [3.8, 4) is 0 Å². The molecule has 0 N–H and O–H groups in total. The number of likely N-dealkylation sites (tertiary alicyclic amines) is 1. The maximum absolute atomic E-state index is 12.3. The number of nitrogens with zero attached hydrogens (tertiary/aromatic N) is 3. The molecule has 0 unspecified atom stereocenters. The van der Waals surface area contributed by atoms with Crippen molar-refractivity contribution in [1.82, 2.24) is 14.9 Å². The Bertz CT molecular complexity index is 534. The Balaban J connectivity index is 1.87. The fourth-order valence-electron chi connectivity index (χ4n) is 2.48. The zero-order valence-corrected chi connectivity index (χ0v) is 14.7. The van der Waals surface area contributed by atoms with Crippen LogP contribution in [0.5, 0.6) is 0 Å². The number of hydrogen-bond acceptors (Lipinski definition) is 5. The number of rotatable bonds is 4. The normalized spacial score (nSPS) is 18.8. The summed E-state index contributed by atoms with van der Waals surface area (Å²) in [5.74, 6) is 0. The Kier molecular flexibility index (Phi) is 6.18. The Morgan fingerprint density at radius 1 is 1.43 bits per heavy atom. The predicted molar refractivity (Wildman–Crippen MR) is 87.3 cm³/mol. The molecule has 6 nitrogen and oxygen atoms in total. The standard InChI is InChI=1S/C16H24ClN3O3/c1-16(2,3)23-15(21)20-9-5-4-6-13(20)11-22-10-12-7-8-18-14(17)19-12/h7-8,13H,4-6,9-11H2,1-3H3/t13-/m1/s1. The highest BCUT2D eigenvalue weighted by atomic mass is 35.5. The molecule has 0 aliphatic carbocycles. The number of ether oxygens (including phenoxy) is 2. The average molecular weight is 342 g/mol. The molecule has 0 aromatic carbocycles. The van der Waals surface area contributed by atoms with Crippen LogP contribution in [0.25, 0.3) is 0 Å². The summed E-state index contributed by atoms with van der Waals surface area (Å²) in [6.07, 6.45) is 4.34. The van der Waals surface area contributed by atoms with Crippen molar-refractivity contribution in [1.29, 1.82) is 0 Å². The Labute approximate surface area is 142 Å². The van der Waals surface area contributed by atoms with Gasteiger partial charge in [-0.2, -0.15) is 0 Å². The molecule has 2 heterocycles. The van der Waals surface area contributed by atoms with Crippen molar-refractivity contribution >= 4 is 17.7 Å². The van der Waals surface area contributed by atoms with Gasteiger partial charge in [0.2, 0.25) is 5.28 Å². The third-order valence-corrected chi connectivity index (χ3v) is 3.68. The third-order valence-electron chi connectivity index (χ3n) is 3.50. The van der Waals surface area contributed by atoms with Crippen LogP contribution in [0.1, 0.15) is 45.7 Å². The van der Waals surface area contributed by atoms with Gasteiger partial charge in [-0.15, -0.1) is 0 Å². The minimum atomic E-state index is -0.488. The van der Waals surface area contributed by atoms with Gasteiger partial charge in [-0.25, -0.2) is 14.8 Å². The minimum absolute atomic E-state index is 0.0379. The first-order valence-electron chi connectivity index (χ1n) is 7.90. The van der Waals surface area contributed by atoms with E-state index in [4.69, 9.17) is 21.1 Å². The highest BCUT2D eigenvalue weighted by molar-refractivity contribution is 6.28. The molecular weight excluding hydrogens is 318 g/mol. The second-order valence-electron chi connectivity index (χ2n) is 6.66. The van der Waals surface area contributed by atoms with E-state index in [1.807, 2.05) is 20.8 Å². The molecule has 1 saturated heterocycles. The van der Waals surface area contributed by atoms with Crippen LogP contribution in [-0.2, 0) is 16.1 Å².